The normalized spacial score (nSPS) is 9.75. The minimum atomic E-state index is 0.630. The van der Waals surface area contributed by atoms with Crippen LogP contribution in [0.15, 0.2) is 24.3 Å². The van der Waals surface area contributed by atoms with Crippen molar-refractivity contribution in [3.63, 3.8) is 0 Å². The van der Waals surface area contributed by atoms with Gasteiger partial charge in [-0.15, -0.1) is 0 Å². The molecule has 0 amide bonds. The summed E-state index contributed by atoms with van der Waals surface area (Å²) >= 11 is 0. The van der Waals surface area contributed by atoms with E-state index in [0.29, 0.717) is 6.42 Å². The largest absolute Gasteiger partial charge is 0.303 e. The van der Waals surface area contributed by atoms with E-state index in [-0.39, 0.29) is 0 Å². The number of aldehydes is 1. The first-order valence-corrected chi connectivity index (χ1v) is 4.38. The number of carbonyl (C=O) groups excluding carboxylic acids is 1. The van der Waals surface area contributed by atoms with Crippen LogP contribution in [0.5, 0.6) is 0 Å². The molecule has 0 bridgehead atoms. The van der Waals surface area contributed by atoms with Crippen molar-refractivity contribution in [3.05, 3.63) is 35.4 Å². The zero-order valence-electron chi connectivity index (χ0n) is 7.42. The first-order chi connectivity index (χ1) is 5.86. The fourth-order valence-corrected chi connectivity index (χ4v) is 1.17. The monoisotopic (exact) mass is 162 g/mol. The summed E-state index contributed by atoms with van der Waals surface area (Å²) < 4.78 is 0. The molecule has 0 spiro atoms. The number of benzene rings is 1. The number of rotatable bonds is 4. The van der Waals surface area contributed by atoms with Crippen molar-refractivity contribution in [1.82, 2.24) is 0 Å². The van der Waals surface area contributed by atoms with E-state index in [1.807, 2.05) is 0 Å². The molecule has 1 nitrogen and oxygen atoms in total. The van der Waals surface area contributed by atoms with Crippen LogP contribution in [0.4, 0.5) is 0 Å². The van der Waals surface area contributed by atoms with Crippen LogP contribution >= 0.6 is 0 Å². The molecule has 0 N–H and O–H groups in total. The van der Waals surface area contributed by atoms with Crippen molar-refractivity contribution in [3.8, 4) is 0 Å². The quantitative estimate of drug-likeness (QED) is 0.621. The molecule has 1 rings (SSSR count). The zero-order valence-corrected chi connectivity index (χ0v) is 7.42. The molecule has 0 aromatic heterocycles. The maximum Gasteiger partial charge on any atom is 0.120 e. The molecule has 0 aliphatic rings. The van der Waals surface area contributed by atoms with Gasteiger partial charge in [-0.1, -0.05) is 31.2 Å². The predicted molar refractivity (Wildman–Crippen MR) is 50.2 cm³/mol. The standard InChI is InChI=1S/C11H14O/c1-2-10-5-7-11(8-6-10)4-3-9-12/h5-9H,2-4H2,1H3. The Hall–Kier alpha value is -1.11. The lowest BCUT2D eigenvalue weighted by molar-refractivity contribution is -0.107. The lowest BCUT2D eigenvalue weighted by Gasteiger charge is -1.99. The summed E-state index contributed by atoms with van der Waals surface area (Å²) in [5.41, 5.74) is 2.60. The Morgan fingerprint density at radius 3 is 2.25 bits per heavy atom. The lowest BCUT2D eigenvalue weighted by atomic mass is 10.1. The van der Waals surface area contributed by atoms with E-state index < -0.39 is 0 Å². The van der Waals surface area contributed by atoms with Crippen LogP contribution in [0.2, 0.25) is 0 Å². The Kier molecular flexibility index (Phi) is 3.52. The number of hydrogen-bond acceptors (Lipinski definition) is 1. The van der Waals surface area contributed by atoms with Gasteiger partial charge >= 0.3 is 0 Å². The van der Waals surface area contributed by atoms with Gasteiger partial charge in [-0.2, -0.15) is 0 Å². The van der Waals surface area contributed by atoms with E-state index in [0.717, 1.165) is 19.1 Å². The molecular formula is C11H14O. The average molecular weight is 162 g/mol. The molecular weight excluding hydrogens is 148 g/mol. The van der Waals surface area contributed by atoms with Crippen LogP contribution in [-0.2, 0) is 17.6 Å². The lowest BCUT2D eigenvalue weighted by Crippen LogP contribution is -1.86. The molecule has 0 aliphatic heterocycles. The van der Waals surface area contributed by atoms with E-state index in [1.165, 1.54) is 11.1 Å². The second-order valence-corrected chi connectivity index (χ2v) is 2.88. The van der Waals surface area contributed by atoms with Crippen molar-refractivity contribution < 1.29 is 4.79 Å². The van der Waals surface area contributed by atoms with Crippen molar-refractivity contribution in [2.45, 2.75) is 26.2 Å². The van der Waals surface area contributed by atoms with Gasteiger partial charge in [0.15, 0.2) is 0 Å². The van der Waals surface area contributed by atoms with E-state index in [4.69, 9.17) is 0 Å². The van der Waals surface area contributed by atoms with Gasteiger partial charge in [0.2, 0.25) is 0 Å². The van der Waals surface area contributed by atoms with Gasteiger partial charge in [-0.3, -0.25) is 0 Å². The van der Waals surface area contributed by atoms with Crippen molar-refractivity contribution >= 4 is 6.29 Å². The molecule has 12 heavy (non-hydrogen) atoms. The third-order valence-electron chi connectivity index (χ3n) is 1.98. The molecule has 0 heterocycles. The Bertz CT molecular complexity index is 236. The summed E-state index contributed by atoms with van der Waals surface area (Å²) in [5, 5.41) is 0. The molecule has 0 atom stereocenters. The Labute approximate surface area is 73.4 Å². The smallest absolute Gasteiger partial charge is 0.120 e. The van der Waals surface area contributed by atoms with Crippen molar-refractivity contribution in [2.75, 3.05) is 0 Å². The third-order valence-corrected chi connectivity index (χ3v) is 1.98. The highest BCUT2D eigenvalue weighted by atomic mass is 16.1. The molecule has 0 saturated carbocycles. The summed E-state index contributed by atoms with van der Waals surface area (Å²) in [4.78, 5) is 10.1. The molecule has 1 aromatic carbocycles. The summed E-state index contributed by atoms with van der Waals surface area (Å²) in [6.45, 7) is 2.14. The number of hydrogen-bond donors (Lipinski definition) is 0. The summed E-state index contributed by atoms with van der Waals surface area (Å²) in [7, 11) is 0. The van der Waals surface area contributed by atoms with E-state index in [9.17, 15) is 4.79 Å². The van der Waals surface area contributed by atoms with Gasteiger partial charge in [-0.25, -0.2) is 0 Å². The molecule has 0 aliphatic carbocycles. The summed E-state index contributed by atoms with van der Waals surface area (Å²) in [6, 6.07) is 8.45. The van der Waals surface area contributed by atoms with Gasteiger partial charge in [0.05, 0.1) is 0 Å². The minimum Gasteiger partial charge on any atom is -0.303 e. The minimum absolute atomic E-state index is 0.630. The predicted octanol–water partition coefficient (Wildman–Crippen LogP) is 2.38. The second-order valence-electron chi connectivity index (χ2n) is 2.88. The fraction of sp³-hybridized carbons (Fsp3) is 0.364. The molecule has 1 aromatic rings. The topological polar surface area (TPSA) is 17.1 Å². The van der Waals surface area contributed by atoms with E-state index >= 15 is 0 Å². The zero-order chi connectivity index (χ0) is 8.81. The van der Waals surface area contributed by atoms with E-state index in [1.54, 1.807) is 0 Å². The van der Waals surface area contributed by atoms with Crippen LogP contribution in [0.1, 0.15) is 24.5 Å². The fourth-order valence-electron chi connectivity index (χ4n) is 1.17. The summed E-state index contributed by atoms with van der Waals surface area (Å²) in [6.07, 6.45) is 3.54. The van der Waals surface area contributed by atoms with Crippen LogP contribution in [0.3, 0.4) is 0 Å². The maximum atomic E-state index is 10.1. The average Bonchev–Trinajstić information content (AvgIpc) is 2.15. The molecule has 1 heteroatoms. The first-order valence-electron chi connectivity index (χ1n) is 4.38. The van der Waals surface area contributed by atoms with Crippen LogP contribution in [0, 0.1) is 0 Å². The SMILES string of the molecule is CCc1ccc(CCC=O)cc1. The van der Waals surface area contributed by atoms with Gasteiger partial charge in [0.25, 0.3) is 0 Å². The number of aryl methyl sites for hydroxylation is 2. The van der Waals surface area contributed by atoms with Gasteiger partial charge in [0.1, 0.15) is 6.29 Å². The molecule has 0 fully saturated rings. The van der Waals surface area contributed by atoms with Crippen LogP contribution in [0.25, 0.3) is 0 Å². The Balaban J connectivity index is 2.58. The maximum absolute atomic E-state index is 10.1. The van der Waals surface area contributed by atoms with Crippen molar-refractivity contribution in [1.29, 1.82) is 0 Å². The Morgan fingerprint density at radius 2 is 1.75 bits per heavy atom. The molecule has 0 saturated heterocycles. The van der Waals surface area contributed by atoms with Crippen LogP contribution in [-0.4, -0.2) is 6.29 Å². The highest BCUT2D eigenvalue weighted by Crippen LogP contribution is 2.06. The Morgan fingerprint density at radius 1 is 1.17 bits per heavy atom. The third kappa shape index (κ3) is 2.50. The van der Waals surface area contributed by atoms with Crippen LogP contribution < -0.4 is 0 Å². The van der Waals surface area contributed by atoms with Crippen molar-refractivity contribution in [2.24, 2.45) is 0 Å². The van der Waals surface area contributed by atoms with Gasteiger partial charge < -0.3 is 4.79 Å². The highest BCUT2D eigenvalue weighted by Gasteiger charge is 1.92. The van der Waals surface area contributed by atoms with Gasteiger partial charge in [-0.05, 0) is 24.0 Å². The summed E-state index contributed by atoms with van der Waals surface area (Å²) in [5.74, 6) is 0. The van der Waals surface area contributed by atoms with Gasteiger partial charge in [0, 0.05) is 6.42 Å². The molecule has 0 radical (unpaired) electrons. The first kappa shape index (κ1) is 8.98. The molecule has 0 unspecified atom stereocenters. The number of carbonyl (C=O) groups is 1. The molecule has 64 valence electrons. The highest BCUT2D eigenvalue weighted by molar-refractivity contribution is 5.50. The van der Waals surface area contributed by atoms with E-state index in [2.05, 4.69) is 31.2 Å². The second kappa shape index (κ2) is 4.70.